The highest BCUT2D eigenvalue weighted by Gasteiger charge is 2.25. The molecule has 0 atom stereocenters. The molecule has 1 aliphatic carbocycles. The molecule has 7 nitrogen and oxygen atoms in total. The number of hydrogen-bond donors (Lipinski definition) is 2. The van der Waals surface area contributed by atoms with Crippen molar-refractivity contribution >= 4 is 11.9 Å². The molecule has 3 amide bonds. The maximum Gasteiger partial charge on any atom is 0.318 e. The lowest BCUT2D eigenvalue weighted by Crippen LogP contribution is -2.48. The van der Waals surface area contributed by atoms with Crippen molar-refractivity contribution in [3.63, 3.8) is 0 Å². The van der Waals surface area contributed by atoms with Gasteiger partial charge in [0.05, 0.1) is 18.8 Å². The van der Waals surface area contributed by atoms with E-state index in [4.69, 9.17) is 0 Å². The average Bonchev–Trinajstić information content (AvgIpc) is 2.98. The van der Waals surface area contributed by atoms with Crippen molar-refractivity contribution in [3.05, 3.63) is 17.5 Å². The fourth-order valence-corrected chi connectivity index (χ4v) is 3.40. The van der Waals surface area contributed by atoms with E-state index in [-0.39, 0.29) is 18.0 Å². The Balaban J connectivity index is 1.60. The molecule has 1 aliphatic heterocycles. The smallest absolute Gasteiger partial charge is 0.318 e. The molecule has 0 spiro atoms. The van der Waals surface area contributed by atoms with Gasteiger partial charge in [0.15, 0.2) is 5.69 Å². The molecule has 0 saturated heterocycles. The molecular formula is C17H27N5O2. The summed E-state index contributed by atoms with van der Waals surface area (Å²) in [6.45, 7) is 5.60. The Morgan fingerprint density at radius 3 is 2.67 bits per heavy atom. The molecule has 1 aromatic rings. The SMILES string of the molecule is CC(C)NC(=O)c1cc2n(n1)CCN(C(=O)NC1CCCCC1)C2. The number of aromatic nitrogens is 2. The molecule has 0 aromatic carbocycles. The minimum atomic E-state index is -0.162. The van der Waals surface area contributed by atoms with Crippen molar-refractivity contribution in [2.24, 2.45) is 0 Å². The number of amides is 3. The van der Waals surface area contributed by atoms with Crippen molar-refractivity contribution in [3.8, 4) is 0 Å². The number of carbonyl (C=O) groups is 2. The number of carbonyl (C=O) groups excluding carboxylic acids is 2. The van der Waals surface area contributed by atoms with Crippen LogP contribution in [0.15, 0.2) is 6.07 Å². The van der Waals surface area contributed by atoms with Crippen molar-refractivity contribution in [1.29, 1.82) is 0 Å². The van der Waals surface area contributed by atoms with Crippen LogP contribution in [0.4, 0.5) is 4.79 Å². The zero-order chi connectivity index (χ0) is 17.1. The molecule has 2 aliphatic rings. The lowest BCUT2D eigenvalue weighted by Gasteiger charge is -2.31. The summed E-state index contributed by atoms with van der Waals surface area (Å²) in [5, 5.41) is 10.4. The molecule has 132 valence electrons. The Kier molecular flexibility index (Phi) is 5.06. The average molecular weight is 333 g/mol. The maximum atomic E-state index is 12.5. The first-order chi connectivity index (χ1) is 11.5. The Morgan fingerprint density at radius 2 is 1.96 bits per heavy atom. The topological polar surface area (TPSA) is 79.3 Å². The van der Waals surface area contributed by atoms with Crippen LogP contribution in [0.5, 0.6) is 0 Å². The molecule has 2 N–H and O–H groups in total. The monoisotopic (exact) mass is 333 g/mol. The molecule has 1 aromatic heterocycles. The third-order valence-corrected chi connectivity index (χ3v) is 4.67. The van der Waals surface area contributed by atoms with Crippen LogP contribution in [0.3, 0.4) is 0 Å². The van der Waals surface area contributed by atoms with Crippen molar-refractivity contribution in [2.45, 2.75) is 71.1 Å². The molecule has 1 saturated carbocycles. The first-order valence-electron chi connectivity index (χ1n) is 8.96. The van der Waals surface area contributed by atoms with Gasteiger partial charge in [-0.25, -0.2) is 4.79 Å². The van der Waals surface area contributed by atoms with Gasteiger partial charge in [0.2, 0.25) is 0 Å². The second kappa shape index (κ2) is 7.23. The minimum absolute atomic E-state index is 0.00234. The molecule has 2 heterocycles. The van der Waals surface area contributed by atoms with Gasteiger partial charge in [-0.15, -0.1) is 0 Å². The number of nitrogens with zero attached hydrogens (tertiary/aromatic N) is 3. The van der Waals surface area contributed by atoms with Crippen LogP contribution in [-0.4, -0.2) is 45.2 Å². The summed E-state index contributed by atoms with van der Waals surface area (Å²) in [6.07, 6.45) is 5.84. The minimum Gasteiger partial charge on any atom is -0.348 e. The fourth-order valence-electron chi connectivity index (χ4n) is 3.40. The lowest BCUT2D eigenvalue weighted by molar-refractivity contribution is 0.0937. The van der Waals surface area contributed by atoms with Gasteiger partial charge in [-0.2, -0.15) is 5.10 Å². The van der Waals surface area contributed by atoms with E-state index >= 15 is 0 Å². The van der Waals surface area contributed by atoms with E-state index in [1.165, 1.54) is 19.3 Å². The molecule has 3 rings (SSSR count). The predicted octanol–water partition coefficient (Wildman–Crippen LogP) is 1.88. The Bertz CT molecular complexity index is 604. The highest BCUT2D eigenvalue weighted by molar-refractivity contribution is 5.92. The summed E-state index contributed by atoms with van der Waals surface area (Å²) < 4.78 is 1.83. The number of rotatable bonds is 3. The third kappa shape index (κ3) is 3.88. The molecule has 0 radical (unpaired) electrons. The predicted molar refractivity (Wildman–Crippen MR) is 90.6 cm³/mol. The van der Waals surface area contributed by atoms with E-state index in [9.17, 15) is 9.59 Å². The van der Waals surface area contributed by atoms with E-state index < -0.39 is 0 Å². The molecule has 1 fully saturated rings. The van der Waals surface area contributed by atoms with Gasteiger partial charge < -0.3 is 15.5 Å². The van der Waals surface area contributed by atoms with E-state index in [0.717, 1.165) is 18.5 Å². The summed E-state index contributed by atoms with van der Waals surface area (Å²) in [7, 11) is 0. The van der Waals surface area contributed by atoms with Crippen LogP contribution < -0.4 is 10.6 Å². The summed E-state index contributed by atoms with van der Waals surface area (Å²) in [5.41, 5.74) is 1.34. The number of hydrogen-bond acceptors (Lipinski definition) is 3. The number of fused-ring (bicyclic) bond motifs is 1. The quantitative estimate of drug-likeness (QED) is 0.886. The number of urea groups is 1. The van der Waals surface area contributed by atoms with E-state index in [0.29, 0.717) is 31.4 Å². The van der Waals surface area contributed by atoms with Crippen molar-refractivity contribution in [2.75, 3.05) is 6.54 Å². The van der Waals surface area contributed by atoms with Crippen LogP contribution in [0.25, 0.3) is 0 Å². The summed E-state index contributed by atoms with van der Waals surface area (Å²) in [5.74, 6) is -0.162. The van der Waals surface area contributed by atoms with E-state index in [1.807, 2.05) is 23.4 Å². The van der Waals surface area contributed by atoms with Gasteiger partial charge >= 0.3 is 6.03 Å². The zero-order valence-electron chi connectivity index (χ0n) is 14.5. The van der Waals surface area contributed by atoms with Gasteiger partial charge in [-0.1, -0.05) is 19.3 Å². The summed E-state index contributed by atoms with van der Waals surface area (Å²) >= 11 is 0. The summed E-state index contributed by atoms with van der Waals surface area (Å²) in [4.78, 5) is 26.4. The Labute approximate surface area is 142 Å². The normalized spacial score (nSPS) is 18.4. The molecule has 24 heavy (non-hydrogen) atoms. The molecule has 0 bridgehead atoms. The second-order valence-electron chi connectivity index (χ2n) is 7.08. The lowest BCUT2D eigenvalue weighted by atomic mass is 9.96. The largest absolute Gasteiger partial charge is 0.348 e. The molecule has 0 unspecified atom stereocenters. The van der Waals surface area contributed by atoms with E-state index in [1.54, 1.807) is 6.07 Å². The first-order valence-corrected chi connectivity index (χ1v) is 8.96. The fraction of sp³-hybridized carbons (Fsp3) is 0.706. The van der Waals surface area contributed by atoms with Crippen LogP contribution in [-0.2, 0) is 13.1 Å². The van der Waals surface area contributed by atoms with Gasteiger partial charge in [0.25, 0.3) is 5.91 Å². The Hall–Kier alpha value is -2.05. The summed E-state index contributed by atoms with van der Waals surface area (Å²) in [6, 6.07) is 2.18. The maximum absolute atomic E-state index is 12.5. The van der Waals surface area contributed by atoms with Gasteiger partial charge in [-0.3, -0.25) is 9.48 Å². The molecule has 7 heteroatoms. The van der Waals surface area contributed by atoms with Crippen LogP contribution >= 0.6 is 0 Å². The van der Waals surface area contributed by atoms with Gasteiger partial charge in [0, 0.05) is 18.6 Å². The van der Waals surface area contributed by atoms with Crippen molar-refractivity contribution < 1.29 is 9.59 Å². The standard InChI is InChI=1S/C17H27N5O2/c1-12(2)18-16(23)15-10-14-11-21(8-9-22(14)20-15)17(24)19-13-6-4-3-5-7-13/h10,12-13H,3-9,11H2,1-2H3,(H,18,23)(H,19,24). The first kappa shape index (κ1) is 16.8. The second-order valence-corrected chi connectivity index (χ2v) is 7.08. The third-order valence-electron chi connectivity index (χ3n) is 4.67. The van der Waals surface area contributed by atoms with Crippen LogP contribution in [0.2, 0.25) is 0 Å². The highest BCUT2D eigenvalue weighted by Crippen LogP contribution is 2.19. The zero-order valence-corrected chi connectivity index (χ0v) is 14.5. The van der Waals surface area contributed by atoms with Crippen LogP contribution in [0, 0.1) is 0 Å². The van der Waals surface area contributed by atoms with E-state index in [2.05, 4.69) is 15.7 Å². The molecular weight excluding hydrogens is 306 g/mol. The van der Waals surface area contributed by atoms with Gasteiger partial charge in [-0.05, 0) is 32.8 Å². The Morgan fingerprint density at radius 1 is 1.21 bits per heavy atom. The van der Waals surface area contributed by atoms with Gasteiger partial charge in [0.1, 0.15) is 0 Å². The number of nitrogens with one attached hydrogen (secondary N) is 2. The highest BCUT2D eigenvalue weighted by atomic mass is 16.2. The van der Waals surface area contributed by atoms with Crippen molar-refractivity contribution in [1.82, 2.24) is 25.3 Å². The van der Waals surface area contributed by atoms with Crippen LogP contribution in [0.1, 0.15) is 62.1 Å².